The van der Waals surface area contributed by atoms with E-state index in [9.17, 15) is 9.59 Å². The van der Waals surface area contributed by atoms with Crippen molar-refractivity contribution in [2.24, 2.45) is 0 Å². The number of rotatable bonds is 5. The fourth-order valence-electron chi connectivity index (χ4n) is 2.67. The molecule has 26 heavy (non-hydrogen) atoms. The van der Waals surface area contributed by atoms with Gasteiger partial charge < -0.3 is 19.7 Å². The topological polar surface area (TPSA) is 67.9 Å². The quantitative estimate of drug-likeness (QED) is 0.835. The van der Waals surface area contributed by atoms with Gasteiger partial charge in [-0.2, -0.15) is 0 Å². The van der Waals surface area contributed by atoms with Crippen LogP contribution in [0.4, 0.5) is 10.5 Å². The van der Waals surface area contributed by atoms with Crippen LogP contribution in [0.25, 0.3) is 0 Å². The van der Waals surface area contributed by atoms with E-state index in [-0.39, 0.29) is 18.1 Å². The van der Waals surface area contributed by atoms with Crippen LogP contribution in [-0.2, 0) is 4.74 Å². The number of hydrogen-bond donors (Lipinski definition) is 1. The van der Waals surface area contributed by atoms with Gasteiger partial charge in [-0.25, -0.2) is 9.59 Å². The second kappa shape index (κ2) is 7.91. The van der Waals surface area contributed by atoms with Crippen LogP contribution in [-0.4, -0.2) is 42.7 Å². The van der Waals surface area contributed by atoms with Crippen molar-refractivity contribution >= 4 is 17.7 Å². The number of ether oxygens (including phenoxy) is 2. The number of nitrogens with zero attached hydrogens (tertiary/aromatic N) is 1. The fraction of sp³-hybridized carbons (Fsp3) is 0.300. The van der Waals surface area contributed by atoms with E-state index in [0.29, 0.717) is 30.9 Å². The number of likely N-dealkylation sites (tertiary alicyclic amines) is 1. The Labute approximate surface area is 152 Å². The number of carbonyl (C=O) groups is 2. The van der Waals surface area contributed by atoms with Crippen molar-refractivity contribution in [3.05, 3.63) is 59.7 Å². The number of hydrogen-bond acceptors (Lipinski definition) is 4. The maximum atomic E-state index is 12.2. The summed E-state index contributed by atoms with van der Waals surface area (Å²) in [7, 11) is 0. The summed E-state index contributed by atoms with van der Waals surface area (Å²) in [6.07, 6.45) is 0.00809. The average Bonchev–Trinajstić information content (AvgIpc) is 2.58. The molecule has 2 aromatic carbocycles. The van der Waals surface area contributed by atoms with E-state index in [2.05, 4.69) is 5.32 Å². The third-order valence-corrected chi connectivity index (χ3v) is 4.07. The van der Waals surface area contributed by atoms with Gasteiger partial charge in [0.25, 0.3) is 0 Å². The van der Waals surface area contributed by atoms with Gasteiger partial charge in [0.2, 0.25) is 0 Å². The first-order valence-corrected chi connectivity index (χ1v) is 8.61. The molecule has 2 aromatic rings. The number of nitrogens with one attached hydrogen (secondary N) is 1. The molecule has 0 bridgehead atoms. The molecule has 1 N–H and O–H groups in total. The highest BCUT2D eigenvalue weighted by Crippen LogP contribution is 2.20. The molecule has 136 valence electrons. The summed E-state index contributed by atoms with van der Waals surface area (Å²) in [5.74, 6) is 0.453. The highest BCUT2D eigenvalue weighted by Gasteiger charge is 2.32. The van der Waals surface area contributed by atoms with E-state index >= 15 is 0 Å². The zero-order valence-electron chi connectivity index (χ0n) is 14.9. The Morgan fingerprint density at radius 1 is 1.15 bits per heavy atom. The van der Waals surface area contributed by atoms with Crippen molar-refractivity contribution < 1.29 is 19.1 Å². The minimum absolute atomic E-state index is 0.00809. The van der Waals surface area contributed by atoms with Gasteiger partial charge in [0.05, 0.1) is 25.3 Å². The van der Waals surface area contributed by atoms with E-state index in [4.69, 9.17) is 9.47 Å². The molecule has 0 radical (unpaired) electrons. The SMILES string of the molecule is CCOC(=O)c1ccc(NC(=O)N2CC(Oc3cccc(C)c3)C2)cc1. The molecule has 6 nitrogen and oxygen atoms in total. The van der Waals surface area contributed by atoms with Gasteiger partial charge in [0.15, 0.2) is 0 Å². The Morgan fingerprint density at radius 3 is 2.54 bits per heavy atom. The number of amides is 2. The zero-order valence-corrected chi connectivity index (χ0v) is 14.9. The van der Waals surface area contributed by atoms with E-state index in [1.807, 2.05) is 31.2 Å². The van der Waals surface area contributed by atoms with Crippen molar-refractivity contribution in [2.75, 3.05) is 25.0 Å². The van der Waals surface area contributed by atoms with Crippen LogP contribution in [0.15, 0.2) is 48.5 Å². The van der Waals surface area contributed by atoms with Gasteiger partial charge in [-0.15, -0.1) is 0 Å². The summed E-state index contributed by atoms with van der Waals surface area (Å²) in [6.45, 7) is 5.19. The minimum atomic E-state index is -0.371. The van der Waals surface area contributed by atoms with Gasteiger partial charge >= 0.3 is 12.0 Å². The molecule has 1 fully saturated rings. The van der Waals surface area contributed by atoms with Gasteiger partial charge in [0, 0.05) is 5.69 Å². The summed E-state index contributed by atoms with van der Waals surface area (Å²) in [5, 5.41) is 2.81. The molecule has 1 heterocycles. The largest absolute Gasteiger partial charge is 0.487 e. The van der Waals surface area contributed by atoms with Crippen LogP contribution >= 0.6 is 0 Å². The van der Waals surface area contributed by atoms with Gasteiger partial charge in [-0.05, 0) is 55.8 Å². The zero-order chi connectivity index (χ0) is 18.5. The lowest BCUT2D eigenvalue weighted by Crippen LogP contribution is -2.57. The van der Waals surface area contributed by atoms with Gasteiger partial charge in [-0.3, -0.25) is 0 Å². The predicted molar refractivity (Wildman–Crippen MR) is 98.6 cm³/mol. The third-order valence-electron chi connectivity index (χ3n) is 4.07. The van der Waals surface area contributed by atoms with Gasteiger partial charge in [-0.1, -0.05) is 12.1 Å². The van der Waals surface area contributed by atoms with Gasteiger partial charge in [0.1, 0.15) is 11.9 Å². The van der Waals surface area contributed by atoms with Crippen molar-refractivity contribution in [3.63, 3.8) is 0 Å². The third kappa shape index (κ3) is 4.33. The summed E-state index contributed by atoms with van der Waals surface area (Å²) in [6, 6.07) is 14.3. The van der Waals surface area contributed by atoms with Crippen LogP contribution < -0.4 is 10.1 Å². The maximum Gasteiger partial charge on any atom is 0.338 e. The van der Waals surface area contributed by atoms with Crippen LogP contribution in [0.5, 0.6) is 5.75 Å². The summed E-state index contributed by atoms with van der Waals surface area (Å²) in [5.41, 5.74) is 2.23. The molecule has 1 aliphatic rings. The molecule has 0 atom stereocenters. The highest BCUT2D eigenvalue weighted by atomic mass is 16.5. The second-order valence-electron chi connectivity index (χ2n) is 6.19. The molecule has 1 aliphatic heterocycles. The molecule has 0 aliphatic carbocycles. The number of esters is 1. The molecule has 6 heteroatoms. The summed E-state index contributed by atoms with van der Waals surface area (Å²) < 4.78 is 10.8. The van der Waals surface area contributed by atoms with Crippen LogP contribution in [0.2, 0.25) is 0 Å². The lowest BCUT2D eigenvalue weighted by atomic mass is 10.1. The molecular weight excluding hydrogens is 332 g/mol. The second-order valence-corrected chi connectivity index (χ2v) is 6.19. The average molecular weight is 354 g/mol. The number of anilines is 1. The Bertz CT molecular complexity index is 783. The normalized spacial score (nSPS) is 13.7. The summed E-state index contributed by atoms with van der Waals surface area (Å²) in [4.78, 5) is 25.5. The molecule has 0 saturated carbocycles. The molecule has 2 amide bonds. The van der Waals surface area contributed by atoms with E-state index in [0.717, 1.165) is 11.3 Å². The predicted octanol–water partition coefficient (Wildman–Crippen LogP) is 3.47. The molecule has 0 unspecified atom stereocenters. The van der Waals surface area contributed by atoms with Crippen molar-refractivity contribution in [1.29, 1.82) is 0 Å². The minimum Gasteiger partial charge on any atom is -0.487 e. The molecule has 1 saturated heterocycles. The number of urea groups is 1. The Balaban J connectivity index is 1.47. The first kappa shape index (κ1) is 17.8. The standard InChI is InChI=1S/C20H22N2O4/c1-3-25-19(23)15-7-9-16(10-8-15)21-20(24)22-12-18(13-22)26-17-6-4-5-14(2)11-17/h4-11,18H,3,12-13H2,1-2H3,(H,21,24). The molecular formula is C20H22N2O4. The summed E-state index contributed by atoms with van der Waals surface area (Å²) >= 11 is 0. The highest BCUT2D eigenvalue weighted by molar-refractivity contribution is 5.92. The van der Waals surface area contributed by atoms with E-state index in [1.54, 1.807) is 36.1 Å². The smallest absolute Gasteiger partial charge is 0.338 e. The first-order valence-electron chi connectivity index (χ1n) is 8.61. The fourth-order valence-corrected chi connectivity index (χ4v) is 2.67. The molecule has 3 rings (SSSR count). The number of aryl methyl sites for hydroxylation is 1. The molecule has 0 spiro atoms. The Morgan fingerprint density at radius 2 is 1.88 bits per heavy atom. The van der Waals surface area contributed by atoms with E-state index in [1.165, 1.54) is 0 Å². The Kier molecular flexibility index (Phi) is 5.41. The lowest BCUT2D eigenvalue weighted by Gasteiger charge is -2.38. The monoisotopic (exact) mass is 354 g/mol. The number of benzene rings is 2. The first-order chi connectivity index (χ1) is 12.5. The Hall–Kier alpha value is -3.02. The molecule has 0 aromatic heterocycles. The van der Waals surface area contributed by atoms with Crippen LogP contribution in [0.3, 0.4) is 0 Å². The van der Waals surface area contributed by atoms with Crippen LogP contribution in [0.1, 0.15) is 22.8 Å². The number of carbonyl (C=O) groups excluding carboxylic acids is 2. The van der Waals surface area contributed by atoms with Crippen LogP contribution in [0, 0.1) is 6.92 Å². The van der Waals surface area contributed by atoms with Crippen molar-refractivity contribution in [2.45, 2.75) is 20.0 Å². The maximum absolute atomic E-state index is 12.2. The van der Waals surface area contributed by atoms with E-state index < -0.39 is 0 Å². The van der Waals surface area contributed by atoms with Crippen molar-refractivity contribution in [1.82, 2.24) is 4.90 Å². The lowest BCUT2D eigenvalue weighted by molar-refractivity contribution is 0.0492. The van der Waals surface area contributed by atoms with Crippen molar-refractivity contribution in [3.8, 4) is 5.75 Å².